The van der Waals surface area contributed by atoms with Crippen LogP contribution in [0.4, 0.5) is 4.39 Å². The Morgan fingerprint density at radius 1 is 1.35 bits per heavy atom. The van der Waals surface area contributed by atoms with Crippen LogP contribution in [0.15, 0.2) is 18.2 Å². The standard InChI is InChI=1S/C14H17FOS/c1-14(2,3)17-10-12-6-7-13(15)9-11(12)5-4-8-16/h6-7,9,16H,8,10H2,1-3H3. The Balaban J connectivity index is 2.90. The Morgan fingerprint density at radius 3 is 2.65 bits per heavy atom. The lowest BCUT2D eigenvalue weighted by molar-refractivity contribution is 0.350. The van der Waals surface area contributed by atoms with Crippen molar-refractivity contribution in [1.82, 2.24) is 0 Å². The van der Waals surface area contributed by atoms with Gasteiger partial charge in [0, 0.05) is 16.1 Å². The summed E-state index contributed by atoms with van der Waals surface area (Å²) in [5.74, 6) is 5.84. The van der Waals surface area contributed by atoms with E-state index in [1.54, 1.807) is 17.8 Å². The molecule has 0 aliphatic carbocycles. The monoisotopic (exact) mass is 252 g/mol. The normalized spacial score (nSPS) is 10.9. The molecule has 0 aliphatic heterocycles. The van der Waals surface area contributed by atoms with Gasteiger partial charge in [-0.3, -0.25) is 0 Å². The molecule has 0 unspecified atom stereocenters. The van der Waals surface area contributed by atoms with Gasteiger partial charge in [0.1, 0.15) is 12.4 Å². The van der Waals surface area contributed by atoms with Crippen molar-refractivity contribution >= 4 is 11.8 Å². The molecule has 0 saturated carbocycles. The van der Waals surface area contributed by atoms with Crippen molar-refractivity contribution < 1.29 is 9.50 Å². The number of halogens is 1. The Hall–Kier alpha value is -0.980. The highest BCUT2D eigenvalue weighted by Gasteiger charge is 2.12. The summed E-state index contributed by atoms with van der Waals surface area (Å²) in [5.41, 5.74) is 1.67. The molecule has 92 valence electrons. The van der Waals surface area contributed by atoms with Gasteiger partial charge in [0.05, 0.1) is 0 Å². The van der Waals surface area contributed by atoms with Crippen LogP contribution in [0.3, 0.4) is 0 Å². The number of hydrogen-bond acceptors (Lipinski definition) is 2. The number of benzene rings is 1. The van der Waals surface area contributed by atoms with Gasteiger partial charge in [0.25, 0.3) is 0 Å². The molecule has 0 spiro atoms. The van der Waals surface area contributed by atoms with Crippen LogP contribution in [0.5, 0.6) is 0 Å². The molecule has 0 atom stereocenters. The fourth-order valence-corrected chi connectivity index (χ4v) is 2.06. The summed E-state index contributed by atoms with van der Waals surface area (Å²) in [7, 11) is 0. The van der Waals surface area contributed by atoms with E-state index >= 15 is 0 Å². The van der Waals surface area contributed by atoms with Gasteiger partial charge in [0.15, 0.2) is 0 Å². The minimum Gasteiger partial charge on any atom is -0.384 e. The zero-order chi connectivity index (χ0) is 12.9. The fraction of sp³-hybridized carbons (Fsp3) is 0.429. The van der Waals surface area contributed by atoms with Gasteiger partial charge >= 0.3 is 0 Å². The average Bonchev–Trinajstić information content (AvgIpc) is 2.23. The first-order valence-corrected chi connectivity index (χ1v) is 6.43. The number of rotatable bonds is 2. The third kappa shape index (κ3) is 5.25. The maximum absolute atomic E-state index is 13.1. The highest BCUT2D eigenvalue weighted by Crippen LogP contribution is 2.28. The van der Waals surface area contributed by atoms with E-state index in [2.05, 4.69) is 32.6 Å². The van der Waals surface area contributed by atoms with E-state index in [0.29, 0.717) is 5.56 Å². The van der Waals surface area contributed by atoms with E-state index in [9.17, 15) is 4.39 Å². The summed E-state index contributed by atoms with van der Waals surface area (Å²) >= 11 is 1.79. The van der Waals surface area contributed by atoms with Gasteiger partial charge in [0.2, 0.25) is 0 Å². The molecule has 17 heavy (non-hydrogen) atoms. The van der Waals surface area contributed by atoms with Gasteiger partial charge in [-0.15, -0.1) is 0 Å². The van der Waals surface area contributed by atoms with Gasteiger partial charge in [-0.25, -0.2) is 4.39 Å². The van der Waals surface area contributed by atoms with Crippen LogP contribution in [0, 0.1) is 17.7 Å². The lowest BCUT2D eigenvalue weighted by atomic mass is 10.1. The molecule has 1 N–H and O–H groups in total. The summed E-state index contributed by atoms with van der Waals surface area (Å²) in [6.45, 7) is 6.21. The van der Waals surface area contributed by atoms with E-state index < -0.39 is 0 Å². The molecule has 0 bridgehead atoms. The third-order valence-electron chi connectivity index (χ3n) is 2.03. The van der Waals surface area contributed by atoms with Crippen LogP contribution in [0.1, 0.15) is 31.9 Å². The molecule has 1 rings (SSSR count). The van der Waals surface area contributed by atoms with Gasteiger partial charge in [-0.05, 0) is 17.7 Å². The molecule has 0 radical (unpaired) electrons. The predicted molar refractivity (Wildman–Crippen MR) is 71.4 cm³/mol. The molecular formula is C14H17FOS. The summed E-state index contributed by atoms with van der Waals surface area (Å²) in [6, 6.07) is 4.62. The maximum Gasteiger partial charge on any atom is 0.124 e. The molecule has 0 heterocycles. The second-order valence-electron chi connectivity index (χ2n) is 4.66. The van der Waals surface area contributed by atoms with Crippen molar-refractivity contribution in [2.24, 2.45) is 0 Å². The second-order valence-corrected chi connectivity index (χ2v) is 6.46. The lowest BCUT2D eigenvalue weighted by Crippen LogP contribution is -2.08. The van der Waals surface area contributed by atoms with E-state index in [0.717, 1.165) is 11.3 Å². The molecule has 3 heteroatoms. The highest BCUT2D eigenvalue weighted by molar-refractivity contribution is 7.99. The molecule has 0 amide bonds. The molecule has 0 aliphatic rings. The SMILES string of the molecule is CC(C)(C)SCc1ccc(F)cc1C#CCO. The van der Waals surface area contributed by atoms with Crippen molar-refractivity contribution in [2.45, 2.75) is 31.3 Å². The number of thioether (sulfide) groups is 1. The Bertz CT molecular complexity index is 438. The van der Waals surface area contributed by atoms with Crippen LogP contribution < -0.4 is 0 Å². The Kier molecular flexibility index (Phi) is 5.04. The average molecular weight is 252 g/mol. The Labute approximate surface area is 106 Å². The Morgan fingerprint density at radius 2 is 2.06 bits per heavy atom. The number of aliphatic hydroxyl groups excluding tert-OH is 1. The topological polar surface area (TPSA) is 20.2 Å². The zero-order valence-electron chi connectivity index (χ0n) is 10.4. The van der Waals surface area contributed by atoms with Crippen molar-refractivity contribution in [3.63, 3.8) is 0 Å². The third-order valence-corrected chi connectivity index (χ3v) is 3.36. The van der Waals surface area contributed by atoms with Crippen molar-refractivity contribution in [2.75, 3.05) is 6.61 Å². The number of hydrogen-bond donors (Lipinski definition) is 1. The highest BCUT2D eigenvalue weighted by atomic mass is 32.2. The molecular weight excluding hydrogens is 235 g/mol. The van der Waals surface area contributed by atoms with Crippen molar-refractivity contribution in [1.29, 1.82) is 0 Å². The minimum atomic E-state index is -0.295. The molecule has 0 saturated heterocycles. The first-order chi connectivity index (χ1) is 7.92. The van der Waals surface area contributed by atoms with Crippen LogP contribution in [0.2, 0.25) is 0 Å². The first-order valence-electron chi connectivity index (χ1n) is 5.44. The second kappa shape index (κ2) is 6.09. The van der Waals surface area contributed by atoms with Crippen LogP contribution >= 0.6 is 11.8 Å². The van der Waals surface area contributed by atoms with Crippen LogP contribution in [-0.4, -0.2) is 16.5 Å². The van der Waals surface area contributed by atoms with Gasteiger partial charge in [-0.2, -0.15) is 11.8 Å². The molecule has 1 aromatic rings. The smallest absolute Gasteiger partial charge is 0.124 e. The van der Waals surface area contributed by atoms with E-state index in [-0.39, 0.29) is 17.2 Å². The van der Waals surface area contributed by atoms with Crippen molar-refractivity contribution in [3.8, 4) is 11.8 Å². The van der Waals surface area contributed by atoms with Gasteiger partial charge < -0.3 is 5.11 Å². The van der Waals surface area contributed by atoms with Crippen LogP contribution in [0.25, 0.3) is 0 Å². The summed E-state index contributed by atoms with van der Waals surface area (Å²) in [6.07, 6.45) is 0. The van der Waals surface area contributed by atoms with E-state index in [4.69, 9.17) is 5.11 Å². The van der Waals surface area contributed by atoms with Gasteiger partial charge in [-0.1, -0.05) is 38.7 Å². The maximum atomic E-state index is 13.1. The quantitative estimate of drug-likeness (QED) is 0.816. The van der Waals surface area contributed by atoms with Crippen LogP contribution in [-0.2, 0) is 5.75 Å². The van der Waals surface area contributed by atoms with E-state index in [1.807, 2.05) is 0 Å². The summed E-state index contributed by atoms with van der Waals surface area (Å²) in [5, 5.41) is 8.67. The summed E-state index contributed by atoms with van der Waals surface area (Å²) in [4.78, 5) is 0. The molecule has 0 fully saturated rings. The molecule has 0 aromatic heterocycles. The number of aliphatic hydroxyl groups is 1. The van der Waals surface area contributed by atoms with Crippen molar-refractivity contribution in [3.05, 3.63) is 35.1 Å². The summed E-state index contributed by atoms with van der Waals surface area (Å²) < 4.78 is 13.3. The zero-order valence-corrected chi connectivity index (χ0v) is 11.2. The fourth-order valence-electron chi connectivity index (χ4n) is 1.22. The molecule has 1 nitrogen and oxygen atoms in total. The molecule has 1 aromatic carbocycles. The lowest BCUT2D eigenvalue weighted by Gasteiger charge is -2.18. The largest absolute Gasteiger partial charge is 0.384 e. The minimum absolute atomic E-state index is 0.163. The van der Waals surface area contributed by atoms with E-state index in [1.165, 1.54) is 12.1 Å². The predicted octanol–water partition coefficient (Wildman–Crippen LogP) is 3.20. The first kappa shape index (κ1) is 14.1.